The number of aliphatic imine (C=N–C) groups is 1. The van der Waals surface area contributed by atoms with Crippen molar-refractivity contribution in [2.45, 2.75) is 23.6 Å². The molecule has 2 nitrogen and oxygen atoms in total. The molecule has 0 N–H and O–H groups in total. The third kappa shape index (κ3) is 5.09. The van der Waals surface area contributed by atoms with Crippen molar-refractivity contribution < 1.29 is 0 Å². The molecule has 220 valence electrons. The van der Waals surface area contributed by atoms with Gasteiger partial charge in [0.2, 0.25) is 0 Å². The molecule has 0 amide bonds. The SMILES string of the molecule is C/C1=C\C(c2ccc3c(c2)c2ccccc2n3-c2cccc(-c3cccc(Sc4ccccc4)c3C)c2)=C/C=Nc2ccccc21. The first-order valence-corrected chi connectivity index (χ1v) is 16.4. The molecular formula is C43H32N2S. The highest BCUT2D eigenvalue weighted by Crippen LogP contribution is 2.39. The summed E-state index contributed by atoms with van der Waals surface area (Å²) in [6, 6.07) is 50.1. The summed E-state index contributed by atoms with van der Waals surface area (Å²) in [5.41, 5.74) is 13.0. The second-order valence-electron chi connectivity index (χ2n) is 11.7. The Morgan fingerprint density at radius 2 is 1.35 bits per heavy atom. The molecule has 0 radical (unpaired) electrons. The quantitative estimate of drug-likeness (QED) is 0.190. The molecule has 46 heavy (non-hydrogen) atoms. The summed E-state index contributed by atoms with van der Waals surface area (Å²) in [5, 5.41) is 2.48. The van der Waals surface area contributed by atoms with Crippen LogP contribution in [0.25, 0.3) is 49.8 Å². The van der Waals surface area contributed by atoms with Gasteiger partial charge in [-0.2, -0.15) is 0 Å². The summed E-state index contributed by atoms with van der Waals surface area (Å²) in [7, 11) is 0. The Hall–Kier alpha value is -5.38. The Morgan fingerprint density at radius 3 is 2.26 bits per heavy atom. The predicted octanol–water partition coefficient (Wildman–Crippen LogP) is 12.1. The third-order valence-corrected chi connectivity index (χ3v) is 10.0. The van der Waals surface area contributed by atoms with E-state index >= 15 is 0 Å². The van der Waals surface area contributed by atoms with E-state index in [4.69, 9.17) is 4.99 Å². The lowest BCUT2D eigenvalue weighted by Gasteiger charge is -2.14. The number of para-hydroxylation sites is 2. The van der Waals surface area contributed by atoms with Crippen molar-refractivity contribution in [2.24, 2.45) is 4.99 Å². The minimum atomic E-state index is 1.00. The van der Waals surface area contributed by atoms with Crippen molar-refractivity contribution in [3.05, 3.63) is 168 Å². The molecule has 6 aromatic carbocycles. The zero-order chi connectivity index (χ0) is 31.0. The lowest BCUT2D eigenvalue weighted by molar-refractivity contribution is 1.18. The van der Waals surface area contributed by atoms with E-state index in [0.717, 1.165) is 16.9 Å². The van der Waals surface area contributed by atoms with Gasteiger partial charge in [-0.1, -0.05) is 103 Å². The lowest BCUT2D eigenvalue weighted by atomic mass is 9.96. The van der Waals surface area contributed by atoms with Crippen LogP contribution in [0.4, 0.5) is 5.69 Å². The topological polar surface area (TPSA) is 17.3 Å². The highest BCUT2D eigenvalue weighted by molar-refractivity contribution is 7.99. The van der Waals surface area contributed by atoms with E-state index in [1.54, 1.807) is 0 Å². The average Bonchev–Trinajstić information content (AvgIpc) is 3.42. The molecule has 0 atom stereocenters. The van der Waals surface area contributed by atoms with Gasteiger partial charge in [0.05, 0.1) is 16.7 Å². The molecule has 0 aliphatic carbocycles. The summed E-state index contributed by atoms with van der Waals surface area (Å²) >= 11 is 1.82. The number of rotatable bonds is 5. The first kappa shape index (κ1) is 28.1. The number of aromatic nitrogens is 1. The zero-order valence-electron chi connectivity index (χ0n) is 25.8. The fraction of sp³-hybridized carbons (Fsp3) is 0.0465. The van der Waals surface area contributed by atoms with Gasteiger partial charge in [0, 0.05) is 38.0 Å². The van der Waals surface area contributed by atoms with Crippen LogP contribution < -0.4 is 0 Å². The molecule has 0 saturated heterocycles. The van der Waals surface area contributed by atoms with Crippen molar-refractivity contribution in [3.63, 3.8) is 0 Å². The van der Waals surface area contributed by atoms with Crippen LogP contribution in [0, 0.1) is 6.92 Å². The number of allylic oxidation sites excluding steroid dienone is 4. The normalized spacial score (nSPS) is 15.1. The van der Waals surface area contributed by atoms with Crippen LogP contribution in [0.1, 0.15) is 23.6 Å². The van der Waals surface area contributed by atoms with Crippen molar-refractivity contribution in [1.29, 1.82) is 0 Å². The summed E-state index contributed by atoms with van der Waals surface area (Å²) in [4.78, 5) is 7.27. The van der Waals surface area contributed by atoms with Crippen LogP contribution in [0.5, 0.6) is 0 Å². The summed E-state index contributed by atoms with van der Waals surface area (Å²) in [6.45, 7) is 4.40. The van der Waals surface area contributed by atoms with E-state index in [-0.39, 0.29) is 0 Å². The molecule has 0 unspecified atom stereocenters. The van der Waals surface area contributed by atoms with Gasteiger partial charge in [-0.05, 0) is 108 Å². The molecule has 3 heteroatoms. The van der Waals surface area contributed by atoms with Crippen LogP contribution in [-0.2, 0) is 0 Å². The maximum Gasteiger partial charge on any atom is 0.0704 e. The number of fused-ring (bicyclic) bond motifs is 4. The lowest BCUT2D eigenvalue weighted by Crippen LogP contribution is -1.95. The van der Waals surface area contributed by atoms with Crippen LogP contribution >= 0.6 is 11.8 Å². The van der Waals surface area contributed by atoms with Crippen molar-refractivity contribution >= 4 is 56.6 Å². The maximum absolute atomic E-state index is 4.75. The monoisotopic (exact) mass is 608 g/mol. The summed E-state index contributed by atoms with van der Waals surface area (Å²) in [5.74, 6) is 0. The molecule has 0 fully saturated rings. The van der Waals surface area contributed by atoms with Crippen molar-refractivity contribution in [2.75, 3.05) is 0 Å². The van der Waals surface area contributed by atoms with E-state index in [0.29, 0.717) is 0 Å². The van der Waals surface area contributed by atoms with Crippen molar-refractivity contribution in [1.82, 2.24) is 4.57 Å². The van der Waals surface area contributed by atoms with Crippen molar-refractivity contribution in [3.8, 4) is 16.8 Å². The minimum Gasteiger partial charge on any atom is -0.309 e. The zero-order valence-corrected chi connectivity index (χ0v) is 26.6. The van der Waals surface area contributed by atoms with Gasteiger partial charge < -0.3 is 4.57 Å². The van der Waals surface area contributed by atoms with Gasteiger partial charge in [0.15, 0.2) is 0 Å². The Bertz CT molecular complexity index is 2350. The van der Waals surface area contributed by atoms with Gasteiger partial charge in [-0.25, -0.2) is 0 Å². The molecule has 0 saturated carbocycles. The molecule has 7 aromatic rings. The standard InChI is InChI=1S/C43H32N2S/c1-29-26-32(24-25-44-40-19-8-6-16-36(29)40)31-22-23-42-39(28-31)38-17-7-9-20-41(38)45(42)34-13-10-12-33(27-34)37-18-11-21-43(30(37)2)46-35-14-4-3-5-15-35/h3-28H,1-2H3/b25-24?,29-26+,32-24+,32-26?,36-29?,44-25?,44-40?. The van der Waals surface area contributed by atoms with Gasteiger partial charge in [0.25, 0.3) is 0 Å². The van der Waals surface area contributed by atoms with Crippen LogP contribution in [0.15, 0.2) is 166 Å². The first-order valence-electron chi connectivity index (χ1n) is 15.6. The molecule has 8 rings (SSSR count). The van der Waals surface area contributed by atoms with E-state index in [2.05, 4.69) is 164 Å². The number of nitrogens with zero attached hydrogens (tertiary/aromatic N) is 2. The molecular weight excluding hydrogens is 577 g/mol. The fourth-order valence-electron chi connectivity index (χ4n) is 6.55. The number of hydrogen-bond donors (Lipinski definition) is 0. The van der Waals surface area contributed by atoms with E-state index < -0.39 is 0 Å². The molecule has 2 heterocycles. The maximum atomic E-state index is 4.75. The highest BCUT2D eigenvalue weighted by Gasteiger charge is 2.16. The van der Waals surface area contributed by atoms with Crippen LogP contribution in [0.2, 0.25) is 0 Å². The predicted molar refractivity (Wildman–Crippen MR) is 198 cm³/mol. The molecule has 0 bridgehead atoms. The van der Waals surface area contributed by atoms with E-state index in [1.807, 2.05) is 24.0 Å². The van der Waals surface area contributed by atoms with Gasteiger partial charge >= 0.3 is 0 Å². The molecule has 0 spiro atoms. The highest BCUT2D eigenvalue weighted by atomic mass is 32.2. The number of benzene rings is 6. The van der Waals surface area contributed by atoms with Crippen LogP contribution in [-0.4, -0.2) is 10.8 Å². The third-order valence-electron chi connectivity index (χ3n) is 8.84. The largest absolute Gasteiger partial charge is 0.309 e. The van der Waals surface area contributed by atoms with Gasteiger partial charge in [-0.3, -0.25) is 4.99 Å². The first-order chi connectivity index (χ1) is 22.6. The summed E-state index contributed by atoms with van der Waals surface area (Å²) in [6.07, 6.45) is 6.32. The second-order valence-corrected chi connectivity index (χ2v) is 12.8. The second kappa shape index (κ2) is 11.8. The molecule has 1 aliphatic rings. The smallest absolute Gasteiger partial charge is 0.0704 e. The van der Waals surface area contributed by atoms with Gasteiger partial charge in [0.1, 0.15) is 0 Å². The van der Waals surface area contributed by atoms with Crippen LogP contribution in [0.3, 0.4) is 0 Å². The Kier molecular flexibility index (Phi) is 7.24. The minimum absolute atomic E-state index is 1.00. The summed E-state index contributed by atoms with van der Waals surface area (Å²) < 4.78 is 2.40. The Morgan fingerprint density at radius 1 is 0.587 bits per heavy atom. The molecule has 1 aromatic heterocycles. The number of hydrogen-bond acceptors (Lipinski definition) is 2. The van der Waals surface area contributed by atoms with Gasteiger partial charge in [-0.15, -0.1) is 0 Å². The Balaban J connectivity index is 1.22. The fourth-order valence-corrected chi connectivity index (χ4v) is 7.51. The van der Waals surface area contributed by atoms with E-state index in [1.165, 1.54) is 65.0 Å². The molecule has 1 aliphatic heterocycles. The Labute approximate surface area is 274 Å². The average molecular weight is 609 g/mol. The van der Waals surface area contributed by atoms with E-state index in [9.17, 15) is 0 Å².